The summed E-state index contributed by atoms with van der Waals surface area (Å²) in [6.45, 7) is 0. The van der Waals surface area contributed by atoms with E-state index in [1.165, 1.54) is 0 Å². The zero-order valence-corrected chi connectivity index (χ0v) is 11.9. The minimum Gasteiger partial charge on any atom is -0.478 e. The van der Waals surface area contributed by atoms with E-state index in [0.29, 0.717) is 0 Å². The molecule has 1 aromatic carbocycles. The molecule has 0 aromatic heterocycles. The lowest BCUT2D eigenvalue weighted by Gasteiger charge is -2.10. The molecule has 2 N–H and O–H groups in total. The first-order valence-electron chi connectivity index (χ1n) is 3.61. The maximum atomic E-state index is 10.9. The van der Waals surface area contributed by atoms with Gasteiger partial charge in [-0.15, -0.1) is 0 Å². The quantitative estimate of drug-likeness (QED) is 0.591. The number of halogens is 4. The Balaban J connectivity index is 3.83. The Morgan fingerprint density at radius 3 is 1.31 bits per heavy atom. The molecule has 0 aliphatic heterocycles. The predicted molar refractivity (Wildman–Crippen MR) is 65.8 cm³/mol. The first-order valence-corrected chi connectivity index (χ1v) is 5.95. The fourth-order valence-corrected chi connectivity index (χ4v) is 2.77. The standard InChI is InChI=1S/C8H2Br2Cl2O4/c9-3-1(7(13)14)2(8(15)16)4(10)6(12)5(3)11/h(H,13,14)(H,15,16). The molecule has 86 valence electrons. The number of rotatable bonds is 2. The first-order chi connectivity index (χ1) is 7.29. The third kappa shape index (κ3) is 2.20. The Labute approximate surface area is 116 Å². The van der Waals surface area contributed by atoms with E-state index in [1.54, 1.807) is 0 Å². The molecule has 16 heavy (non-hydrogen) atoms. The minimum atomic E-state index is -1.41. The molecule has 1 aromatic rings. The summed E-state index contributed by atoms with van der Waals surface area (Å²) in [5, 5.41) is 17.7. The van der Waals surface area contributed by atoms with Gasteiger partial charge in [-0.25, -0.2) is 9.59 Å². The molecule has 4 nitrogen and oxygen atoms in total. The highest BCUT2D eigenvalue weighted by atomic mass is 79.9. The van der Waals surface area contributed by atoms with Crippen molar-refractivity contribution in [2.75, 3.05) is 0 Å². The van der Waals surface area contributed by atoms with Crippen molar-refractivity contribution in [3.8, 4) is 0 Å². The number of carbonyl (C=O) groups is 2. The molecule has 0 saturated carbocycles. The van der Waals surface area contributed by atoms with Crippen LogP contribution in [0.15, 0.2) is 8.95 Å². The molecule has 0 unspecified atom stereocenters. The smallest absolute Gasteiger partial charge is 0.337 e. The van der Waals surface area contributed by atoms with E-state index < -0.39 is 23.1 Å². The summed E-state index contributed by atoms with van der Waals surface area (Å²) < 4.78 is -0.125. The molecule has 0 amide bonds. The molecule has 0 bridgehead atoms. The zero-order chi connectivity index (χ0) is 12.6. The van der Waals surface area contributed by atoms with Gasteiger partial charge < -0.3 is 10.2 Å². The summed E-state index contributed by atoms with van der Waals surface area (Å²) in [5.74, 6) is -2.83. The summed E-state index contributed by atoms with van der Waals surface area (Å²) in [5.41, 5.74) is -0.900. The van der Waals surface area contributed by atoms with Gasteiger partial charge in [0.05, 0.1) is 30.1 Å². The van der Waals surface area contributed by atoms with Crippen molar-refractivity contribution in [2.45, 2.75) is 0 Å². The van der Waals surface area contributed by atoms with Crippen LogP contribution in [0, 0.1) is 0 Å². The fraction of sp³-hybridized carbons (Fsp3) is 0. The second-order valence-electron chi connectivity index (χ2n) is 2.62. The van der Waals surface area contributed by atoms with Gasteiger partial charge in [-0.1, -0.05) is 23.2 Å². The number of benzene rings is 1. The molecule has 0 radical (unpaired) electrons. The number of hydrogen-bond acceptors (Lipinski definition) is 2. The van der Waals surface area contributed by atoms with Crippen molar-refractivity contribution in [3.05, 3.63) is 30.1 Å². The Morgan fingerprint density at radius 2 is 1.12 bits per heavy atom. The summed E-state index contributed by atoms with van der Waals surface area (Å²) in [7, 11) is 0. The Kier molecular flexibility index (Phi) is 4.23. The highest BCUT2D eigenvalue weighted by Gasteiger charge is 2.27. The Bertz CT molecular complexity index is 457. The Morgan fingerprint density at radius 1 is 0.875 bits per heavy atom. The summed E-state index contributed by atoms with van der Waals surface area (Å²) in [6, 6.07) is 0. The topological polar surface area (TPSA) is 74.6 Å². The molecule has 1 rings (SSSR count). The van der Waals surface area contributed by atoms with Gasteiger partial charge in [0.25, 0.3) is 0 Å². The van der Waals surface area contributed by atoms with E-state index in [9.17, 15) is 9.59 Å². The van der Waals surface area contributed by atoms with Crippen LogP contribution in [0.3, 0.4) is 0 Å². The fourth-order valence-electron chi connectivity index (χ4n) is 1.03. The second-order valence-corrected chi connectivity index (χ2v) is 4.96. The zero-order valence-electron chi connectivity index (χ0n) is 7.22. The summed E-state index contributed by atoms with van der Waals surface area (Å²) in [6.07, 6.45) is 0. The third-order valence-electron chi connectivity index (χ3n) is 1.69. The van der Waals surface area contributed by atoms with Gasteiger partial charge in [0.15, 0.2) is 0 Å². The molecular weight excluding hydrogens is 391 g/mol. The molecule has 0 atom stereocenters. The highest BCUT2D eigenvalue weighted by Crippen LogP contribution is 2.41. The van der Waals surface area contributed by atoms with Crippen molar-refractivity contribution >= 4 is 67.0 Å². The van der Waals surface area contributed by atoms with Crippen LogP contribution < -0.4 is 0 Å². The molecule has 0 aliphatic carbocycles. The van der Waals surface area contributed by atoms with E-state index >= 15 is 0 Å². The predicted octanol–water partition coefficient (Wildman–Crippen LogP) is 3.91. The lowest BCUT2D eigenvalue weighted by molar-refractivity contribution is 0.0650. The van der Waals surface area contributed by atoms with E-state index in [1.807, 2.05) is 0 Å². The first kappa shape index (κ1) is 13.8. The van der Waals surface area contributed by atoms with E-state index in [0.717, 1.165) is 0 Å². The van der Waals surface area contributed by atoms with Crippen molar-refractivity contribution < 1.29 is 19.8 Å². The summed E-state index contributed by atoms with van der Waals surface area (Å²) in [4.78, 5) is 21.9. The van der Waals surface area contributed by atoms with Crippen molar-refractivity contribution in [1.82, 2.24) is 0 Å². The van der Waals surface area contributed by atoms with Crippen molar-refractivity contribution in [3.63, 3.8) is 0 Å². The molecule has 8 heteroatoms. The average Bonchev–Trinajstić information content (AvgIpc) is 2.18. The van der Waals surface area contributed by atoms with Crippen molar-refractivity contribution in [2.24, 2.45) is 0 Å². The minimum absolute atomic E-state index is 0.0593. The van der Waals surface area contributed by atoms with Crippen molar-refractivity contribution in [1.29, 1.82) is 0 Å². The number of hydrogen-bond donors (Lipinski definition) is 2. The van der Waals surface area contributed by atoms with E-state index in [-0.39, 0.29) is 19.0 Å². The van der Waals surface area contributed by atoms with Crippen LogP contribution in [0.25, 0.3) is 0 Å². The lowest BCUT2D eigenvalue weighted by atomic mass is 10.1. The molecule has 0 saturated heterocycles. The van der Waals surface area contributed by atoms with Crippen LogP contribution >= 0.6 is 55.1 Å². The van der Waals surface area contributed by atoms with Crippen LogP contribution in [-0.4, -0.2) is 22.2 Å². The van der Waals surface area contributed by atoms with Gasteiger partial charge in [0.2, 0.25) is 0 Å². The lowest BCUT2D eigenvalue weighted by Crippen LogP contribution is -2.11. The van der Waals surface area contributed by atoms with Gasteiger partial charge in [-0.05, 0) is 31.9 Å². The maximum Gasteiger partial charge on any atom is 0.337 e. The SMILES string of the molecule is O=C(O)c1c(Br)c(Cl)c(Cl)c(Br)c1C(=O)O. The van der Waals surface area contributed by atoms with Crippen LogP contribution in [0.4, 0.5) is 0 Å². The highest BCUT2D eigenvalue weighted by molar-refractivity contribution is 9.11. The van der Waals surface area contributed by atoms with Crippen LogP contribution in [0.1, 0.15) is 20.7 Å². The van der Waals surface area contributed by atoms with Crippen LogP contribution in [0.5, 0.6) is 0 Å². The molecule has 0 spiro atoms. The van der Waals surface area contributed by atoms with Gasteiger partial charge >= 0.3 is 11.9 Å². The largest absolute Gasteiger partial charge is 0.478 e. The number of carboxylic acid groups (broad SMARTS) is 2. The average molecular weight is 393 g/mol. The second kappa shape index (κ2) is 4.91. The molecular formula is C8H2Br2Cl2O4. The Hall–Kier alpha value is -0.300. The monoisotopic (exact) mass is 390 g/mol. The van der Waals surface area contributed by atoms with E-state index in [4.69, 9.17) is 33.4 Å². The molecule has 0 aliphatic rings. The normalized spacial score (nSPS) is 10.2. The number of carboxylic acids is 2. The van der Waals surface area contributed by atoms with Crippen LogP contribution in [-0.2, 0) is 0 Å². The maximum absolute atomic E-state index is 10.9. The van der Waals surface area contributed by atoms with Crippen LogP contribution in [0.2, 0.25) is 10.0 Å². The van der Waals surface area contributed by atoms with Gasteiger partial charge in [-0.3, -0.25) is 0 Å². The summed E-state index contributed by atoms with van der Waals surface area (Å²) >= 11 is 17.3. The third-order valence-corrected chi connectivity index (χ3v) is 4.59. The molecule has 0 heterocycles. The molecule has 0 fully saturated rings. The van der Waals surface area contributed by atoms with Gasteiger partial charge in [0.1, 0.15) is 0 Å². The van der Waals surface area contributed by atoms with Gasteiger partial charge in [0, 0.05) is 0 Å². The van der Waals surface area contributed by atoms with Gasteiger partial charge in [-0.2, -0.15) is 0 Å². The number of aromatic carboxylic acids is 2. The van der Waals surface area contributed by atoms with E-state index in [2.05, 4.69) is 31.9 Å².